The molecule has 1 saturated carbocycles. The number of hydrazine groups is 1. The molecular formula is C10H20N4O2. The van der Waals surface area contributed by atoms with E-state index in [4.69, 9.17) is 5.84 Å². The minimum absolute atomic E-state index is 0.00602. The first-order valence-corrected chi connectivity index (χ1v) is 5.52. The van der Waals surface area contributed by atoms with Gasteiger partial charge in [0.05, 0.1) is 6.54 Å². The van der Waals surface area contributed by atoms with Gasteiger partial charge in [0.25, 0.3) is 0 Å². The van der Waals surface area contributed by atoms with Crippen molar-refractivity contribution in [1.29, 1.82) is 0 Å². The number of nitrogens with one attached hydrogen (secondary N) is 2. The Bertz CT molecular complexity index is 266. The quantitative estimate of drug-likeness (QED) is 0.308. The Labute approximate surface area is 95.5 Å². The Morgan fingerprint density at radius 1 is 1.44 bits per heavy atom. The number of likely N-dealkylation sites (N-methyl/N-ethyl adjacent to an activating group) is 1. The molecule has 0 spiro atoms. The number of hydrogen-bond acceptors (Lipinski definition) is 4. The van der Waals surface area contributed by atoms with Gasteiger partial charge >= 0.3 is 0 Å². The second-order valence-electron chi connectivity index (χ2n) is 4.38. The molecule has 0 heterocycles. The highest BCUT2D eigenvalue weighted by Gasteiger charge is 2.24. The van der Waals surface area contributed by atoms with Gasteiger partial charge < -0.3 is 5.32 Å². The fourth-order valence-corrected chi connectivity index (χ4v) is 1.37. The van der Waals surface area contributed by atoms with Gasteiger partial charge in [0, 0.05) is 18.5 Å². The second-order valence-corrected chi connectivity index (χ2v) is 4.38. The number of nitrogens with two attached hydrogens (primary N) is 1. The normalized spacial score (nSPS) is 17.0. The fraction of sp³-hybridized carbons (Fsp3) is 0.800. The van der Waals surface area contributed by atoms with E-state index in [2.05, 4.69) is 10.7 Å². The van der Waals surface area contributed by atoms with E-state index in [0.717, 1.165) is 12.8 Å². The van der Waals surface area contributed by atoms with Crippen LogP contribution in [0.5, 0.6) is 0 Å². The molecule has 1 aliphatic rings. The molecule has 1 fully saturated rings. The van der Waals surface area contributed by atoms with Crippen molar-refractivity contribution >= 4 is 11.8 Å². The van der Waals surface area contributed by atoms with Crippen molar-refractivity contribution in [2.75, 3.05) is 13.6 Å². The number of amides is 2. The summed E-state index contributed by atoms with van der Waals surface area (Å²) >= 11 is 0. The number of nitrogens with zero attached hydrogens (tertiary/aromatic N) is 1. The van der Waals surface area contributed by atoms with Crippen LogP contribution < -0.4 is 16.6 Å². The van der Waals surface area contributed by atoms with E-state index in [0.29, 0.717) is 19.0 Å². The van der Waals surface area contributed by atoms with Gasteiger partial charge in [0.2, 0.25) is 11.8 Å². The van der Waals surface area contributed by atoms with Crippen LogP contribution in [0.3, 0.4) is 0 Å². The van der Waals surface area contributed by atoms with E-state index < -0.39 is 0 Å². The molecule has 0 bridgehead atoms. The van der Waals surface area contributed by atoms with Gasteiger partial charge in [0.1, 0.15) is 0 Å². The van der Waals surface area contributed by atoms with Crippen LogP contribution in [0.15, 0.2) is 0 Å². The molecule has 16 heavy (non-hydrogen) atoms. The maximum absolute atomic E-state index is 11.5. The van der Waals surface area contributed by atoms with Gasteiger partial charge in [-0.15, -0.1) is 0 Å². The van der Waals surface area contributed by atoms with Gasteiger partial charge in [-0.1, -0.05) is 0 Å². The zero-order chi connectivity index (χ0) is 12.1. The first kappa shape index (κ1) is 12.9. The highest BCUT2D eigenvalue weighted by atomic mass is 16.2. The molecule has 6 heteroatoms. The molecule has 1 aliphatic carbocycles. The summed E-state index contributed by atoms with van der Waals surface area (Å²) in [4.78, 5) is 24.4. The van der Waals surface area contributed by atoms with E-state index >= 15 is 0 Å². The lowest BCUT2D eigenvalue weighted by Crippen LogP contribution is -2.42. The van der Waals surface area contributed by atoms with Gasteiger partial charge in [-0.05, 0) is 26.8 Å². The van der Waals surface area contributed by atoms with Crippen LogP contribution in [0, 0.1) is 0 Å². The Morgan fingerprint density at radius 3 is 2.56 bits per heavy atom. The molecule has 6 nitrogen and oxygen atoms in total. The molecule has 0 radical (unpaired) electrons. The first-order valence-electron chi connectivity index (χ1n) is 5.52. The average Bonchev–Trinajstić information content (AvgIpc) is 3.00. The van der Waals surface area contributed by atoms with Crippen LogP contribution in [0.1, 0.15) is 26.2 Å². The van der Waals surface area contributed by atoms with E-state index in [1.807, 2.05) is 18.9 Å². The molecular weight excluding hydrogens is 208 g/mol. The summed E-state index contributed by atoms with van der Waals surface area (Å²) < 4.78 is 0. The SMILES string of the molecule is CC(CC(=O)NN)N(C)CC(=O)NC1CC1. The topological polar surface area (TPSA) is 87.5 Å². The monoisotopic (exact) mass is 228 g/mol. The lowest BCUT2D eigenvalue weighted by Gasteiger charge is -2.23. The summed E-state index contributed by atoms with van der Waals surface area (Å²) in [6.07, 6.45) is 2.46. The zero-order valence-electron chi connectivity index (χ0n) is 9.82. The third-order valence-corrected chi connectivity index (χ3v) is 2.73. The van der Waals surface area contributed by atoms with Crippen molar-refractivity contribution in [3.8, 4) is 0 Å². The van der Waals surface area contributed by atoms with Crippen LogP contribution >= 0.6 is 0 Å². The van der Waals surface area contributed by atoms with E-state index in [1.54, 1.807) is 0 Å². The summed E-state index contributed by atoms with van der Waals surface area (Å²) in [5, 5.41) is 2.90. The molecule has 0 aromatic rings. The zero-order valence-corrected chi connectivity index (χ0v) is 9.82. The molecule has 0 aliphatic heterocycles. The summed E-state index contributed by atoms with van der Waals surface area (Å²) in [6, 6.07) is 0.372. The van der Waals surface area contributed by atoms with Gasteiger partial charge in [-0.2, -0.15) is 0 Å². The molecule has 92 valence electrons. The largest absolute Gasteiger partial charge is 0.352 e. The van der Waals surface area contributed by atoms with Crippen LogP contribution in [0.4, 0.5) is 0 Å². The van der Waals surface area contributed by atoms with Crippen molar-refractivity contribution < 1.29 is 9.59 Å². The third kappa shape index (κ3) is 4.59. The fourth-order valence-electron chi connectivity index (χ4n) is 1.37. The Kier molecular flexibility index (Phi) is 4.70. The van der Waals surface area contributed by atoms with E-state index in [9.17, 15) is 9.59 Å². The summed E-state index contributed by atoms with van der Waals surface area (Å²) in [5.74, 6) is 4.80. The standard InChI is InChI=1S/C10H20N4O2/c1-7(5-9(15)13-11)14(2)6-10(16)12-8-3-4-8/h7-8H,3-6,11H2,1-2H3,(H,12,16)(H,13,15). The molecule has 4 N–H and O–H groups in total. The maximum atomic E-state index is 11.5. The van der Waals surface area contributed by atoms with Crippen LogP contribution in [0.2, 0.25) is 0 Å². The van der Waals surface area contributed by atoms with Crippen LogP contribution in [-0.2, 0) is 9.59 Å². The second kappa shape index (κ2) is 5.81. The lowest BCUT2D eigenvalue weighted by molar-refractivity contribution is -0.125. The number of carbonyl (C=O) groups excluding carboxylic acids is 2. The van der Waals surface area contributed by atoms with E-state index in [-0.39, 0.29) is 17.9 Å². The van der Waals surface area contributed by atoms with Gasteiger partial charge in [0.15, 0.2) is 0 Å². The minimum atomic E-state index is -0.220. The Hall–Kier alpha value is -1.14. The molecule has 1 rings (SSSR count). The highest BCUT2D eigenvalue weighted by Crippen LogP contribution is 2.18. The third-order valence-electron chi connectivity index (χ3n) is 2.73. The highest BCUT2D eigenvalue weighted by molar-refractivity contribution is 5.79. The summed E-state index contributed by atoms with van der Waals surface area (Å²) in [5.41, 5.74) is 2.08. The molecule has 0 aromatic carbocycles. The molecule has 1 unspecified atom stereocenters. The first-order chi connectivity index (χ1) is 7.52. The summed E-state index contributed by atoms with van der Waals surface area (Å²) in [7, 11) is 1.82. The number of hydrogen-bond donors (Lipinski definition) is 3. The van der Waals surface area contributed by atoms with E-state index in [1.165, 1.54) is 0 Å². The van der Waals surface area contributed by atoms with Crippen molar-refractivity contribution in [2.24, 2.45) is 5.84 Å². The van der Waals surface area contributed by atoms with Crippen molar-refractivity contribution in [2.45, 2.75) is 38.3 Å². The number of rotatable bonds is 6. The van der Waals surface area contributed by atoms with Gasteiger partial charge in [-0.3, -0.25) is 19.9 Å². The van der Waals surface area contributed by atoms with Crippen LogP contribution in [0.25, 0.3) is 0 Å². The smallest absolute Gasteiger partial charge is 0.235 e. The summed E-state index contributed by atoms with van der Waals surface area (Å²) in [6.45, 7) is 2.20. The van der Waals surface area contributed by atoms with Gasteiger partial charge in [-0.25, -0.2) is 5.84 Å². The average molecular weight is 228 g/mol. The minimum Gasteiger partial charge on any atom is -0.352 e. The molecule has 0 aromatic heterocycles. The molecule has 0 saturated heterocycles. The lowest BCUT2D eigenvalue weighted by atomic mass is 10.2. The maximum Gasteiger partial charge on any atom is 0.235 e. The van der Waals surface area contributed by atoms with Crippen molar-refractivity contribution in [1.82, 2.24) is 15.6 Å². The van der Waals surface area contributed by atoms with Crippen molar-refractivity contribution in [3.05, 3.63) is 0 Å². The molecule has 2 amide bonds. The molecule has 1 atom stereocenters. The Morgan fingerprint density at radius 2 is 2.06 bits per heavy atom. The number of carbonyl (C=O) groups is 2. The Balaban J connectivity index is 2.23. The predicted octanol–water partition coefficient (Wildman–Crippen LogP) is -1.03. The van der Waals surface area contributed by atoms with Crippen LogP contribution in [-0.4, -0.2) is 42.4 Å². The predicted molar refractivity (Wildman–Crippen MR) is 60.2 cm³/mol. The van der Waals surface area contributed by atoms with Crippen molar-refractivity contribution in [3.63, 3.8) is 0 Å².